The summed E-state index contributed by atoms with van der Waals surface area (Å²) in [6.45, 7) is 0.250. The number of nitro benzene ring substituents is 1. The first-order valence-corrected chi connectivity index (χ1v) is 16.5. The molecule has 4 aromatic carbocycles. The fourth-order valence-electron chi connectivity index (χ4n) is 7.00. The molecule has 51 heavy (non-hydrogen) atoms. The van der Waals surface area contributed by atoms with E-state index in [2.05, 4.69) is 10.3 Å². The normalized spacial score (nSPS) is 13.9. The Morgan fingerprint density at radius 3 is 2.55 bits per heavy atom. The zero-order chi connectivity index (χ0) is 35.6. The van der Waals surface area contributed by atoms with E-state index >= 15 is 0 Å². The van der Waals surface area contributed by atoms with Gasteiger partial charge in [0, 0.05) is 82.3 Å². The number of aromatic nitrogens is 2. The number of hydrogen-bond donors (Lipinski definition) is 2. The van der Waals surface area contributed by atoms with E-state index < -0.39 is 16.8 Å². The molecule has 1 aliphatic rings. The number of esters is 1. The summed E-state index contributed by atoms with van der Waals surface area (Å²) in [6, 6.07) is 24.1. The lowest BCUT2D eigenvalue weighted by molar-refractivity contribution is -0.384. The molecule has 1 unspecified atom stereocenters. The number of nitro groups is 1. The summed E-state index contributed by atoms with van der Waals surface area (Å²) in [5.74, 6) is -1.22. The number of aromatic amines is 1. The number of non-ortho nitro benzene ring substituents is 1. The van der Waals surface area contributed by atoms with Crippen molar-refractivity contribution in [3.05, 3.63) is 124 Å². The molecule has 0 radical (unpaired) electrons. The van der Waals surface area contributed by atoms with Crippen molar-refractivity contribution in [1.29, 1.82) is 0 Å². The van der Waals surface area contributed by atoms with Crippen LogP contribution in [0.3, 0.4) is 0 Å². The fourth-order valence-corrected chi connectivity index (χ4v) is 7.26. The number of rotatable bonds is 7. The first-order chi connectivity index (χ1) is 24.6. The number of alkyl halides is 1. The van der Waals surface area contributed by atoms with Crippen molar-refractivity contribution >= 4 is 79.2 Å². The van der Waals surface area contributed by atoms with Crippen LogP contribution in [-0.4, -0.2) is 51.8 Å². The maximum atomic E-state index is 14.4. The monoisotopic (exact) mass is 701 g/mol. The maximum absolute atomic E-state index is 14.4. The molecule has 2 N–H and O–H groups in total. The van der Waals surface area contributed by atoms with Gasteiger partial charge in [0.25, 0.3) is 17.5 Å². The third-order valence-corrected chi connectivity index (χ3v) is 9.72. The Morgan fingerprint density at radius 2 is 1.82 bits per heavy atom. The van der Waals surface area contributed by atoms with Crippen LogP contribution in [0.1, 0.15) is 42.9 Å². The lowest BCUT2D eigenvalue weighted by atomic mass is 9.92. The molecule has 0 fully saturated rings. The maximum Gasteiger partial charge on any atom is 0.340 e. The highest BCUT2D eigenvalue weighted by atomic mass is 35.5. The van der Waals surface area contributed by atoms with E-state index in [4.69, 9.17) is 20.8 Å². The predicted molar refractivity (Wildman–Crippen MR) is 194 cm³/mol. The minimum absolute atomic E-state index is 0.0617. The molecule has 254 valence electrons. The van der Waals surface area contributed by atoms with Crippen LogP contribution in [0.5, 0.6) is 0 Å². The molecule has 0 saturated heterocycles. The van der Waals surface area contributed by atoms with E-state index in [1.807, 2.05) is 35.9 Å². The minimum Gasteiger partial charge on any atom is -0.465 e. The predicted octanol–water partition coefficient (Wildman–Crippen LogP) is 8.00. The average Bonchev–Trinajstić information content (AvgIpc) is 3.93. The Labute approximate surface area is 294 Å². The van der Waals surface area contributed by atoms with Gasteiger partial charge >= 0.3 is 5.97 Å². The van der Waals surface area contributed by atoms with Crippen LogP contribution in [-0.2, 0) is 11.8 Å². The number of carbonyl (C=O) groups is 3. The van der Waals surface area contributed by atoms with Gasteiger partial charge < -0.3 is 28.9 Å². The first kappa shape index (κ1) is 31.8. The number of H-pyrrole nitrogens is 1. The highest BCUT2D eigenvalue weighted by Gasteiger charge is 2.38. The number of furan rings is 1. The van der Waals surface area contributed by atoms with Gasteiger partial charge in [-0.05, 0) is 65.7 Å². The quantitative estimate of drug-likeness (QED) is 0.0739. The number of hydrogen-bond acceptors (Lipinski definition) is 7. The van der Waals surface area contributed by atoms with Crippen molar-refractivity contribution in [2.75, 3.05) is 29.8 Å². The number of ether oxygens (including phenoxy) is 1. The van der Waals surface area contributed by atoms with Crippen LogP contribution in [0.4, 0.5) is 17.1 Å². The van der Waals surface area contributed by atoms with Gasteiger partial charge in [0.1, 0.15) is 11.3 Å². The summed E-state index contributed by atoms with van der Waals surface area (Å²) < 4.78 is 12.7. The van der Waals surface area contributed by atoms with Crippen LogP contribution < -0.4 is 10.2 Å². The number of amides is 2. The van der Waals surface area contributed by atoms with Gasteiger partial charge in [-0.1, -0.05) is 18.2 Å². The summed E-state index contributed by atoms with van der Waals surface area (Å²) in [6.07, 6.45) is 1.68. The number of methoxy groups -OCH3 is 1. The average molecular weight is 702 g/mol. The third kappa shape index (κ3) is 5.27. The van der Waals surface area contributed by atoms with Gasteiger partial charge in [-0.25, -0.2) is 4.79 Å². The highest BCUT2D eigenvalue weighted by molar-refractivity contribution is 6.20. The first-order valence-electron chi connectivity index (χ1n) is 15.9. The van der Waals surface area contributed by atoms with Crippen molar-refractivity contribution in [1.82, 2.24) is 9.55 Å². The van der Waals surface area contributed by atoms with Crippen LogP contribution in [0.25, 0.3) is 43.9 Å². The number of aryl methyl sites for hydroxylation is 1. The summed E-state index contributed by atoms with van der Waals surface area (Å²) in [7, 11) is 3.11. The zero-order valence-electron chi connectivity index (χ0n) is 27.2. The molecule has 7 aromatic rings. The highest BCUT2D eigenvalue weighted by Crippen LogP contribution is 2.48. The molecule has 0 bridgehead atoms. The zero-order valence-corrected chi connectivity index (χ0v) is 28.0. The molecule has 2 amide bonds. The summed E-state index contributed by atoms with van der Waals surface area (Å²) in [5.41, 5.74) is 5.74. The Morgan fingerprint density at radius 1 is 1.04 bits per heavy atom. The Bertz CT molecular complexity index is 2550. The van der Waals surface area contributed by atoms with E-state index in [1.54, 1.807) is 59.6 Å². The second-order valence-electron chi connectivity index (χ2n) is 12.4. The lowest BCUT2D eigenvalue weighted by Crippen LogP contribution is -2.30. The molecule has 3 aromatic heterocycles. The van der Waals surface area contributed by atoms with Crippen LogP contribution in [0.15, 0.2) is 95.5 Å². The van der Waals surface area contributed by atoms with Gasteiger partial charge in [-0.15, -0.1) is 11.6 Å². The number of carbonyl (C=O) groups excluding carboxylic acids is 3. The fraction of sp³-hybridized carbons (Fsp3) is 0.132. The second-order valence-corrected chi connectivity index (χ2v) is 12.7. The summed E-state index contributed by atoms with van der Waals surface area (Å²) in [4.78, 5) is 56.2. The molecule has 13 heteroatoms. The van der Waals surface area contributed by atoms with E-state index in [0.29, 0.717) is 61.1 Å². The Kier molecular flexibility index (Phi) is 7.60. The molecule has 8 rings (SSSR count). The van der Waals surface area contributed by atoms with Crippen molar-refractivity contribution in [2.24, 2.45) is 7.05 Å². The molecule has 0 aliphatic carbocycles. The summed E-state index contributed by atoms with van der Waals surface area (Å²) >= 11 is 6.55. The number of benzene rings is 4. The smallest absolute Gasteiger partial charge is 0.340 e. The van der Waals surface area contributed by atoms with Crippen LogP contribution >= 0.6 is 11.6 Å². The largest absolute Gasteiger partial charge is 0.465 e. The molecule has 1 atom stereocenters. The van der Waals surface area contributed by atoms with E-state index in [1.165, 1.54) is 19.2 Å². The number of para-hydroxylation sites is 1. The third-order valence-electron chi connectivity index (χ3n) is 9.35. The van der Waals surface area contributed by atoms with E-state index in [9.17, 15) is 24.5 Å². The number of nitrogens with zero attached hydrogens (tertiary/aromatic N) is 3. The molecule has 1 aliphatic heterocycles. The number of halogens is 1. The van der Waals surface area contributed by atoms with Crippen molar-refractivity contribution in [2.45, 2.75) is 5.92 Å². The van der Waals surface area contributed by atoms with Crippen LogP contribution in [0, 0.1) is 10.1 Å². The van der Waals surface area contributed by atoms with Gasteiger partial charge in [0.05, 0.1) is 23.1 Å². The molecule has 0 spiro atoms. The number of anilines is 2. The van der Waals surface area contributed by atoms with Gasteiger partial charge in [-0.2, -0.15) is 0 Å². The lowest BCUT2D eigenvalue weighted by Gasteiger charge is -2.19. The van der Waals surface area contributed by atoms with Crippen molar-refractivity contribution in [3.63, 3.8) is 0 Å². The standard InChI is InChI=1S/C38H28ClN5O7/c1-42-19-27(38(47)50-2)34-33-23(17-39)18-43(30(33)16-26(35(34)42)20-7-10-25(11-8-20)44(48)49)37(46)29-14-22-13-24(9-12-28(22)41-29)40-36(45)32-15-21-5-3-4-6-31(21)51-32/h3-16,19,23,41H,17-18H2,1-2H3,(H,40,45). The number of nitrogens with one attached hydrogen (secondary N) is 2. The molecule has 12 nitrogen and oxygen atoms in total. The van der Waals surface area contributed by atoms with Gasteiger partial charge in [-0.3, -0.25) is 19.7 Å². The second kappa shape index (κ2) is 12.2. The SMILES string of the molecule is COC(=O)c1cn(C)c2c(-c3ccc([N+](=O)[O-])cc3)cc3c(c12)C(CCl)CN3C(=O)c1cc2cc(NC(=O)c3cc4ccccc4o3)ccc2[nH]1. The van der Waals surface area contributed by atoms with Crippen LogP contribution in [0.2, 0.25) is 0 Å². The molecule has 4 heterocycles. The number of fused-ring (bicyclic) bond motifs is 5. The van der Waals surface area contributed by atoms with Gasteiger partial charge in [0.15, 0.2) is 5.76 Å². The Hall–Kier alpha value is -6.40. The molecular weight excluding hydrogens is 674 g/mol. The van der Waals surface area contributed by atoms with Crippen molar-refractivity contribution < 1.29 is 28.5 Å². The van der Waals surface area contributed by atoms with Gasteiger partial charge in [0.2, 0.25) is 0 Å². The topological polar surface area (TPSA) is 153 Å². The summed E-state index contributed by atoms with van der Waals surface area (Å²) in [5, 5.41) is 16.4. The Balaban J connectivity index is 1.18. The minimum atomic E-state index is -0.541. The van der Waals surface area contributed by atoms with Crippen molar-refractivity contribution in [3.8, 4) is 11.1 Å². The van der Waals surface area contributed by atoms with E-state index in [0.717, 1.165) is 10.9 Å². The molecular formula is C38H28ClN5O7. The van der Waals surface area contributed by atoms with E-state index in [-0.39, 0.29) is 35.7 Å². The molecule has 0 saturated carbocycles.